The van der Waals surface area contributed by atoms with Crippen LogP contribution in [-0.2, 0) is 4.79 Å². The van der Waals surface area contributed by atoms with Crippen molar-refractivity contribution in [3.05, 3.63) is 11.1 Å². The first-order valence-corrected chi connectivity index (χ1v) is 5.70. The van der Waals surface area contributed by atoms with Crippen molar-refractivity contribution in [2.75, 3.05) is 6.54 Å². The summed E-state index contributed by atoms with van der Waals surface area (Å²) < 4.78 is 0.945. The number of nitrogens with zero attached hydrogens (tertiary/aromatic N) is 1. The van der Waals surface area contributed by atoms with Crippen LogP contribution in [0.1, 0.15) is 19.3 Å². The lowest BCUT2D eigenvalue weighted by Crippen LogP contribution is -2.33. The van der Waals surface area contributed by atoms with E-state index in [2.05, 4.69) is 27.4 Å². The molecule has 1 N–H and O–H groups in total. The van der Waals surface area contributed by atoms with Crippen LogP contribution in [0.3, 0.4) is 0 Å². The van der Waals surface area contributed by atoms with Gasteiger partial charge in [-0.25, -0.2) is 0 Å². The van der Waals surface area contributed by atoms with Crippen molar-refractivity contribution in [2.24, 2.45) is 5.92 Å². The minimum atomic E-state index is -0.637. The zero-order valence-electron chi connectivity index (χ0n) is 7.95. The van der Waals surface area contributed by atoms with Crippen LogP contribution in [0.5, 0.6) is 0 Å². The highest BCUT2D eigenvalue weighted by molar-refractivity contribution is 9.11. The number of rotatable bonds is 3. The highest BCUT2D eigenvalue weighted by atomic mass is 79.9. The SMILES string of the molecule is C=C(Br)CN1C2CCC1C(C(=O)O)C2. The van der Waals surface area contributed by atoms with E-state index in [-0.39, 0.29) is 12.0 Å². The topological polar surface area (TPSA) is 40.5 Å². The fourth-order valence-corrected chi connectivity index (χ4v) is 3.10. The van der Waals surface area contributed by atoms with Gasteiger partial charge in [-0.05, 0) is 19.3 Å². The highest BCUT2D eigenvalue weighted by Gasteiger charge is 2.48. The molecule has 14 heavy (non-hydrogen) atoms. The summed E-state index contributed by atoms with van der Waals surface area (Å²) in [6.45, 7) is 4.60. The maximum Gasteiger partial charge on any atom is 0.308 e. The average molecular weight is 260 g/mol. The molecule has 2 saturated heterocycles. The predicted molar refractivity (Wildman–Crippen MR) is 57.3 cm³/mol. The van der Waals surface area contributed by atoms with E-state index in [1.54, 1.807) is 0 Å². The molecule has 0 aromatic heterocycles. The molecule has 0 saturated carbocycles. The Morgan fingerprint density at radius 2 is 2.29 bits per heavy atom. The molecule has 0 spiro atoms. The Labute approximate surface area is 91.9 Å². The van der Waals surface area contributed by atoms with Crippen molar-refractivity contribution in [3.63, 3.8) is 0 Å². The molecule has 3 nitrogen and oxygen atoms in total. The van der Waals surface area contributed by atoms with Crippen LogP contribution in [0.2, 0.25) is 0 Å². The number of halogens is 1. The van der Waals surface area contributed by atoms with E-state index >= 15 is 0 Å². The van der Waals surface area contributed by atoms with E-state index in [1.807, 2.05) is 0 Å². The van der Waals surface area contributed by atoms with Crippen LogP contribution < -0.4 is 0 Å². The fourth-order valence-electron chi connectivity index (χ4n) is 2.81. The molecule has 0 aromatic carbocycles. The lowest BCUT2D eigenvalue weighted by molar-refractivity contribution is -0.142. The Morgan fingerprint density at radius 3 is 2.79 bits per heavy atom. The minimum absolute atomic E-state index is 0.152. The van der Waals surface area contributed by atoms with Gasteiger partial charge in [0.2, 0.25) is 0 Å². The van der Waals surface area contributed by atoms with E-state index in [1.165, 1.54) is 0 Å². The lowest BCUT2D eigenvalue weighted by atomic mass is 9.89. The summed E-state index contributed by atoms with van der Waals surface area (Å²) in [7, 11) is 0. The van der Waals surface area contributed by atoms with Crippen molar-refractivity contribution < 1.29 is 9.90 Å². The Kier molecular flexibility index (Phi) is 2.66. The van der Waals surface area contributed by atoms with Gasteiger partial charge < -0.3 is 5.11 Å². The Hall–Kier alpha value is -0.350. The van der Waals surface area contributed by atoms with Gasteiger partial charge in [-0.15, -0.1) is 0 Å². The monoisotopic (exact) mass is 259 g/mol. The standard InChI is InChI=1S/C10H14BrNO2/c1-6(11)5-12-7-2-3-9(12)8(4-7)10(13)14/h7-9H,1-5H2,(H,13,14). The van der Waals surface area contributed by atoms with E-state index in [4.69, 9.17) is 5.11 Å². The van der Waals surface area contributed by atoms with Gasteiger partial charge in [-0.3, -0.25) is 9.69 Å². The molecule has 0 aliphatic carbocycles. The van der Waals surface area contributed by atoms with Gasteiger partial charge in [-0.1, -0.05) is 22.5 Å². The summed E-state index contributed by atoms with van der Waals surface area (Å²) >= 11 is 3.34. The summed E-state index contributed by atoms with van der Waals surface area (Å²) in [5.74, 6) is -0.789. The second-order valence-electron chi connectivity index (χ2n) is 4.17. The first-order valence-electron chi connectivity index (χ1n) is 4.91. The summed E-state index contributed by atoms with van der Waals surface area (Å²) in [4.78, 5) is 13.2. The second-order valence-corrected chi connectivity index (χ2v) is 5.29. The maximum atomic E-state index is 11.0. The largest absolute Gasteiger partial charge is 0.481 e. The zero-order valence-corrected chi connectivity index (χ0v) is 9.53. The van der Waals surface area contributed by atoms with Crippen LogP contribution in [0.15, 0.2) is 11.1 Å². The number of carboxylic acids is 1. The Morgan fingerprint density at radius 1 is 1.57 bits per heavy atom. The molecule has 2 rings (SSSR count). The third-order valence-electron chi connectivity index (χ3n) is 3.35. The first kappa shape index (κ1) is 10.2. The van der Waals surface area contributed by atoms with Crippen LogP contribution >= 0.6 is 15.9 Å². The molecule has 2 heterocycles. The number of carbonyl (C=O) groups is 1. The van der Waals surface area contributed by atoms with E-state index in [0.717, 1.165) is 30.3 Å². The number of hydrogen-bond acceptors (Lipinski definition) is 2. The van der Waals surface area contributed by atoms with Gasteiger partial charge in [0.25, 0.3) is 0 Å². The van der Waals surface area contributed by atoms with Crippen molar-refractivity contribution in [1.82, 2.24) is 4.90 Å². The molecule has 4 heteroatoms. The quantitative estimate of drug-likeness (QED) is 0.841. The van der Waals surface area contributed by atoms with Crippen molar-refractivity contribution in [2.45, 2.75) is 31.3 Å². The second kappa shape index (κ2) is 3.66. The molecule has 3 atom stereocenters. The molecule has 0 radical (unpaired) electrons. The number of carboxylic acid groups (broad SMARTS) is 1. The van der Waals surface area contributed by atoms with Gasteiger partial charge >= 0.3 is 5.97 Å². The van der Waals surface area contributed by atoms with Crippen molar-refractivity contribution in [1.29, 1.82) is 0 Å². The molecular weight excluding hydrogens is 246 g/mol. The number of fused-ring (bicyclic) bond motifs is 2. The Balaban J connectivity index is 2.08. The molecule has 3 unspecified atom stereocenters. The summed E-state index contributed by atoms with van der Waals surface area (Å²) in [5, 5.41) is 9.03. The molecule has 2 aliphatic rings. The van der Waals surface area contributed by atoms with E-state index in [0.29, 0.717) is 6.04 Å². The third kappa shape index (κ3) is 1.61. The van der Waals surface area contributed by atoms with Crippen LogP contribution in [0, 0.1) is 5.92 Å². The van der Waals surface area contributed by atoms with Crippen molar-refractivity contribution >= 4 is 21.9 Å². The molecule has 0 aromatic rings. The van der Waals surface area contributed by atoms with Crippen LogP contribution in [-0.4, -0.2) is 34.6 Å². The highest BCUT2D eigenvalue weighted by Crippen LogP contribution is 2.42. The smallest absolute Gasteiger partial charge is 0.308 e. The molecule has 2 bridgehead atoms. The van der Waals surface area contributed by atoms with Crippen LogP contribution in [0.25, 0.3) is 0 Å². The lowest BCUT2D eigenvalue weighted by Gasteiger charge is -2.21. The first-order chi connectivity index (χ1) is 6.59. The van der Waals surface area contributed by atoms with Gasteiger partial charge in [0, 0.05) is 23.1 Å². The average Bonchev–Trinajstić information content (AvgIpc) is 2.61. The minimum Gasteiger partial charge on any atom is -0.481 e. The maximum absolute atomic E-state index is 11.0. The summed E-state index contributed by atoms with van der Waals surface area (Å²) in [6.07, 6.45) is 3.00. The normalized spacial score (nSPS) is 36.2. The fraction of sp³-hybridized carbons (Fsp3) is 0.700. The molecule has 0 amide bonds. The van der Waals surface area contributed by atoms with Crippen LogP contribution in [0.4, 0.5) is 0 Å². The molecule has 2 fully saturated rings. The van der Waals surface area contributed by atoms with Gasteiger partial charge in [0.15, 0.2) is 0 Å². The summed E-state index contributed by atoms with van der Waals surface area (Å²) in [6, 6.07) is 0.710. The summed E-state index contributed by atoms with van der Waals surface area (Å²) in [5.41, 5.74) is 0. The van der Waals surface area contributed by atoms with Gasteiger partial charge in [-0.2, -0.15) is 0 Å². The van der Waals surface area contributed by atoms with E-state index < -0.39 is 5.97 Å². The molecule has 78 valence electrons. The van der Waals surface area contributed by atoms with Gasteiger partial charge in [0.1, 0.15) is 0 Å². The van der Waals surface area contributed by atoms with Crippen molar-refractivity contribution in [3.8, 4) is 0 Å². The molecule has 2 aliphatic heterocycles. The van der Waals surface area contributed by atoms with E-state index in [9.17, 15) is 4.79 Å². The van der Waals surface area contributed by atoms with Gasteiger partial charge in [0.05, 0.1) is 5.92 Å². The number of hydrogen-bond donors (Lipinski definition) is 1. The Bertz CT molecular complexity index is 279. The molecular formula is C10H14BrNO2. The zero-order chi connectivity index (χ0) is 10.3. The number of aliphatic carboxylic acids is 1. The predicted octanol–water partition coefficient (Wildman–Crippen LogP) is 1.83. The third-order valence-corrected chi connectivity index (χ3v) is 3.60.